The van der Waals surface area contributed by atoms with Crippen molar-refractivity contribution in [2.24, 2.45) is 11.8 Å². The molecule has 1 amide bonds. The predicted molar refractivity (Wildman–Crippen MR) is 142 cm³/mol. The number of esters is 2. The molecule has 196 valence electrons. The van der Waals surface area contributed by atoms with Crippen molar-refractivity contribution in [3.05, 3.63) is 125 Å². The smallest absolute Gasteiger partial charge is 0.331 e. The van der Waals surface area contributed by atoms with Crippen LogP contribution in [0.2, 0.25) is 5.02 Å². The van der Waals surface area contributed by atoms with E-state index in [-0.39, 0.29) is 27.3 Å². The molecule has 3 aliphatic carbocycles. The van der Waals surface area contributed by atoms with Gasteiger partial charge in [0.2, 0.25) is 5.91 Å². The molecular formula is C30H22ClNO7. The fourth-order valence-corrected chi connectivity index (χ4v) is 6.02. The molecule has 0 saturated heterocycles. The summed E-state index contributed by atoms with van der Waals surface area (Å²) in [4.78, 5) is 53.1. The Morgan fingerprint density at radius 3 is 1.82 bits per heavy atom. The van der Waals surface area contributed by atoms with Gasteiger partial charge >= 0.3 is 17.9 Å². The topological polar surface area (TPSA) is 119 Å². The van der Waals surface area contributed by atoms with Crippen LogP contribution in [0.1, 0.15) is 22.3 Å². The Morgan fingerprint density at radius 1 is 0.769 bits per heavy atom. The molecule has 0 aliphatic heterocycles. The third-order valence-corrected chi connectivity index (χ3v) is 7.40. The van der Waals surface area contributed by atoms with Crippen molar-refractivity contribution in [2.45, 2.75) is 11.2 Å². The van der Waals surface area contributed by atoms with E-state index in [1.807, 2.05) is 0 Å². The van der Waals surface area contributed by atoms with Crippen LogP contribution < -0.4 is 5.32 Å². The SMILES string of the molecule is C=CC(=O)OC12c3ccccc3C(OC(=O)C=C)(c3ccc(Cl)cc31)C(C(=O)Nc1ccccc1)C2C(=O)O. The van der Waals surface area contributed by atoms with E-state index in [0.29, 0.717) is 5.69 Å². The lowest BCUT2D eigenvalue weighted by Crippen LogP contribution is -2.67. The van der Waals surface area contributed by atoms with E-state index in [0.717, 1.165) is 12.2 Å². The fraction of sp³-hybridized carbons (Fsp3) is 0.133. The van der Waals surface area contributed by atoms with Crippen molar-refractivity contribution in [1.82, 2.24) is 0 Å². The summed E-state index contributed by atoms with van der Waals surface area (Å²) in [7, 11) is 0. The lowest BCUT2D eigenvalue weighted by molar-refractivity contribution is -0.199. The second-order valence-electron chi connectivity index (χ2n) is 9.11. The number of anilines is 1. The van der Waals surface area contributed by atoms with Gasteiger partial charge in [-0.1, -0.05) is 73.3 Å². The van der Waals surface area contributed by atoms with Crippen LogP contribution in [-0.4, -0.2) is 28.9 Å². The van der Waals surface area contributed by atoms with Gasteiger partial charge < -0.3 is 19.9 Å². The summed E-state index contributed by atoms with van der Waals surface area (Å²) in [5, 5.41) is 13.7. The van der Waals surface area contributed by atoms with E-state index in [1.165, 1.54) is 12.1 Å². The summed E-state index contributed by atoms with van der Waals surface area (Å²) in [6.45, 7) is 6.96. The van der Waals surface area contributed by atoms with Crippen molar-refractivity contribution in [3.63, 3.8) is 0 Å². The maximum Gasteiger partial charge on any atom is 0.331 e. The normalized spacial score (nSPS) is 23.9. The lowest BCUT2D eigenvalue weighted by atomic mass is 9.49. The van der Waals surface area contributed by atoms with Gasteiger partial charge in [0, 0.05) is 45.1 Å². The van der Waals surface area contributed by atoms with E-state index in [2.05, 4.69) is 18.5 Å². The molecular weight excluding hydrogens is 522 g/mol. The molecule has 2 N–H and O–H groups in total. The van der Waals surface area contributed by atoms with Crippen LogP contribution in [0.25, 0.3) is 0 Å². The molecule has 39 heavy (non-hydrogen) atoms. The highest BCUT2D eigenvalue weighted by Crippen LogP contribution is 2.65. The minimum Gasteiger partial charge on any atom is -0.481 e. The van der Waals surface area contributed by atoms with Crippen LogP contribution in [0.4, 0.5) is 5.69 Å². The molecule has 0 spiro atoms. The minimum absolute atomic E-state index is 0.178. The Bertz CT molecular complexity index is 1550. The molecule has 4 unspecified atom stereocenters. The summed E-state index contributed by atoms with van der Waals surface area (Å²) < 4.78 is 12.0. The van der Waals surface area contributed by atoms with Crippen LogP contribution in [0.5, 0.6) is 0 Å². The number of carbonyl (C=O) groups excluding carboxylic acids is 3. The van der Waals surface area contributed by atoms with Crippen molar-refractivity contribution in [1.29, 1.82) is 0 Å². The molecule has 2 bridgehead atoms. The summed E-state index contributed by atoms with van der Waals surface area (Å²) in [5.74, 6) is -7.37. The van der Waals surface area contributed by atoms with Gasteiger partial charge in [-0.05, 0) is 24.3 Å². The molecule has 3 aliphatic rings. The molecule has 3 aromatic carbocycles. The molecule has 0 fully saturated rings. The Kier molecular flexibility index (Phi) is 6.36. The van der Waals surface area contributed by atoms with E-state index in [4.69, 9.17) is 21.1 Å². The number of hydrogen-bond acceptors (Lipinski definition) is 6. The monoisotopic (exact) mass is 543 g/mol. The number of ether oxygens (including phenoxy) is 2. The highest BCUT2D eigenvalue weighted by molar-refractivity contribution is 6.30. The highest BCUT2D eigenvalue weighted by atomic mass is 35.5. The zero-order chi connectivity index (χ0) is 27.9. The summed E-state index contributed by atoms with van der Waals surface area (Å²) in [5.41, 5.74) is -2.61. The Labute approximate surface area is 228 Å². The van der Waals surface area contributed by atoms with E-state index >= 15 is 0 Å². The number of carboxylic acid groups (broad SMARTS) is 1. The maximum absolute atomic E-state index is 14.2. The van der Waals surface area contributed by atoms with Crippen LogP contribution >= 0.6 is 11.6 Å². The number of nitrogens with one attached hydrogen (secondary N) is 1. The van der Waals surface area contributed by atoms with Crippen LogP contribution in [0.15, 0.2) is 98.1 Å². The van der Waals surface area contributed by atoms with Gasteiger partial charge in [-0.15, -0.1) is 0 Å². The first-order valence-electron chi connectivity index (χ1n) is 11.9. The van der Waals surface area contributed by atoms with Gasteiger partial charge in [-0.25, -0.2) is 9.59 Å². The summed E-state index contributed by atoms with van der Waals surface area (Å²) in [6, 6.07) is 19.4. The Hall–Kier alpha value is -4.69. The molecule has 8 nitrogen and oxygen atoms in total. The molecule has 0 aromatic heterocycles. The van der Waals surface area contributed by atoms with Crippen LogP contribution in [0, 0.1) is 11.8 Å². The molecule has 9 heteroatoms. The molecule has 3 aromatic rings. The quantitative estimate of drug-likeness (QED) is 0.331. The van der Waals surface area contributed by atoms with Crippen molar-refractivity contribution in [3.8, 4) is 0 Å². The number of benzene rings is 3. The average Bonchev–Trinajstić information content (AvgIpc) is 2.93. The lowest BCUT2D eigenvalue weighted by Gasteiger charge is -2.59. The van der Waals surface area contributed by atoms with Crippen molar-refractivity contribution >= 4 is 41.1 Å². The second-order valence-corrected chi connectivity index (χ2v) is 9.54. The van der Waals surface area contributed by atoms with Crippen molar-refractivity contribution in [2.75, 3.05) is 5.32 Å². The Morgan fingerprint density at radius 2 is 1.28 bits per heavy atom. The highest BCUT2D eigenvalue weighted by Gasteiger charge is 2.73. The van der Waals surface area contributed by atoms with E-state index in [9.17, 15) is 24.3 Å². The third-order valence-electron chi connectivity index (χ3n) is 7.16. The second kappa shape index (κ2) is 9.56. The summed E-state index contributed by atoms with van der Waals surface area (Å²) >= 11 is 6.37. The van der Waals surface area contributed by atoms with Gasteiger partial charge in [-0.3, -0.25) is 9.59 Å². The molecule has 4 atom stereocenters. The van der Waals surface area contributed by atoms with Gasteiger partial charge in [-0.2, -0.15) is 0 Å². The number of aliphatic carboxylic acids is 1. The fourth-order valence-electron chi connectivity index (χ4n) is 5.85. The third kappa shape index (κ3) is 3.75. The number of carbonyl (C=O) groups is 4. The number of halogens is 1. The zero-order valence-corrected chi connectivity index (χ0v) is 21.2. The number of rotatable bonds is 7. The minimum atomic E-state index is -2.02. The zero-order valence-electron chi connectivity index (χ0n) is 20.4. The first-order chi connectivity index (χ1) is 18.7. The number of para-hydroxylation sites is 1. The average molecular weight is 544 g/mol. The van der Waals surface area contributed by atoms with Crippen molar-refractivity contribution < 1.29 is 33.8 Å². The standard InChI is InChI=1S/C30H22ClNO7/c1-3-23(33)38-29-19-12-8-9-13-20(19)30(39-24(34)4-2,22-16-17(31)14-15-21(22)29)26(28(36)37)25(29)27(35)32-18-10-6-5-7-11-18/h3-16,25-26H,1-2H2,(H,32,35)(H,36,37). The first-order valence-corrected chi connectivity index (χ1v) is 12.3. The molecule has 0 radical (unpaired) electrons. The predicted octanol–water partition coefficient (Wildman–Crippen LogP) is 4.57. The Balaban J connectivity index is 1.92. The van der Waals surface area contributed by atoms with Crippen LogP contribution in [-0.2, 0) is 39.9 Å². The first kappa shape index (κ1) is 25.9. The number of carboxylic acids is 1. The van der Waals surface area contributed by atoms with E-state index in [1.54, 1.807) is 60.7 Å². The van der Waals surface area contributed by atoms with Gasteiger partial charge in [0.15, 0.2) is 11.2 Å². The van der Waals surface area contributed by atoms with Gasteiger partial charge in [0.1, 0.15) is 11.8 Å². The maximum atomic E-state index is 14.2. The molecule has 6 rings (SSSR count). The number of fused-ring (bicyclic) bond motifs is 1. The number of amides is 1. The summed E-state index contributed by atoms with van der Waals surface area (Å²) in [6.07, 6.45) is 1.84. The van der Waals surface area contributed by atoms with Crippen LogP contribution in [0.3, 0.4) is 0 Å². The molecule has 0 heterocycles. The van der Waals surface area contributed by atoms with Gasteiger partial charge in [0.25, 0.3) is 0 Å². The van der Waals surface area contributed by atoms with Gasteiger partial charge in [0.05, 0.1) is 0 Å². The largest absolute Gasteiger partial charge is 0.481 e. The molecule has 0 saturated carbocycles. The van der Waals surface area contributed by atoms with E-state index < -0.39 is 46.9 Å². The number of hydrogen-bond donors (Lipinski definition) is 2.